The first-order valence-electron chi connectivity index (χ1n) is 5.60. The molecule has 0 amide bonds. The zero-order chi connectivity index (χ0) is 13.1. The molecule has 0 fully saturated rings. The van der Waals surface area contributed by atoms with Crippen molar-refractivity contribution >= 4 is 17.2 Å². The lowest BCUT2D eigenvalue weighted by atomic mass is 10.1. The number of aryl methyl sites for hydroxylation is 2. The summed E-state index contributed by atoms with van der Waals surface area (Å²) in [6.45, 7) is 4.03. The Balaban J connectivity index is 2.44. The Labute approximate surface area is 106 Å². The average Bonchev–Trinajstić information content (AvgIpc) is 2.35. The third kappa shape index (κ3) is 2.25. The summed E-state index contributed by atoms with van der Waals surface area (Å²) >= 11 is 0. The molecular formula is C14H14N4. The molecule has 4 heteroatoms. The first kappa shape index (κ1) is 11.9. The van der Waals surface area contributed by atoms with E-state index in [1.807, 2.05) is 32.0 Å². The topological polar surface area (TPSA) is 74.7 Å². The Kier molecular flexibility index (Phi) is 3.16. The Bertz CT molecular complexity index is 606. The number of aromatic nitrogens is 1. The highest BCUT2D eigenvalue weighted by molar-refractivity contribution is 5.69. The molecule has 1 aromatic carbocycles. The lowest BCUT2D eigenvalue weighted by Gasteiger charge is -2.12. The predicted molar refractivity (Wildman–Crippen MR) is 72.6 cm³/mol. The van der Waals surface area contributed by atoms with Crippen LogP contribution in [0.15, 0.2) is 30.5 Å². The summed E-state index contributed by atoms with van der Waals surface area (Å²) in [5.41, 5.74) is 9.74. The molecule has 3 N–H and O–H groups in total. The second kappa shape index (κ2) is 4.76. The number of nitriles is 1. The molecule has 0 bridgehead atoms. The van der Waals surface area contributed by atoms with Crippen molar-refractivity contribution in [1.82, 2.24) is 4.98 Å². The molecule has 2 rings (SSSR count). The Morgan fingerprint density at radius 1 is 1.28 bits per heavy atom. The van der Waals surface area contributed by atoms with Crippen LogP contribution in [-0.2, 0) is 0 Å². The summed E-state index contributed by atoms with van der Waals surface area (Å²) in [5.74, 6) is 0.532. The van der Waals surface area contributed by atoms with E-state index in [0.717, 1.165) is 16.8 Å². The molecule has 2 aromatic rings. The maximum absolute atomic E-state index is 9.07. The van der Waals surface area contributed by atoms with E-state index >= 15 is 0 Å². The SMILES string of the molecule is Cc1cccc(C)c1Nc1ncc(N)cc1C#N. The predicted octanol–water partition coefficient (Wildman–Crippen LogP) is 2.90. The highest BCUT2D eigenvalue weighted by Crippen LogP contribution is 2.25. The van der Waals surface area contributed by atoms with Gasteiger partial charge in [-0.1, -0.05) is 18.2 Å². The highest BCUT2D eigenvalue weighted by Gasteiger charge is 2.07. The third-order valence-electron chi connectivity index (χ3n) is 2.75. The summed E-state index contributed by atoms with van der Waals surface area (Å²) in [4.78, 5) is 4.17. The number of nitrogen functional groups attached to an aromatic ring is 1. The summed E-state index contributed by atoms with van der Waals surface area (Å²) in [6, 6.07) is 9.73. The minimum absolute atomic E-state index is 0.442. The molecule has 0 saturated heterocycles. The van der Waals surface area contributed by atoms with Gasteiger partial charge in [-0.2, -0.15) is 5.26 Å². The fraction of sp³-hybridized carbons (Fsp3) is 0.143. The van der Waals surface area contributed by atoms with Crippen LogP contribution in [0.3, 0.4) is 0 Å². The van der Waals surface area contributed by atoms with E-state index in [1.165, 1.54) is 6.20 Å². The minimum atomic E-state index is 0.442. The van der Waals surface area contributed by atoms with Crippen LogP contribution in [0.4, 0.5) is 17.2 Å². The second-order valence-corrected chi connectivity index (χ2v) is 4.17. The van der Waals surface area contributed by atoms with Crippen molar-refractivity contribution in [2.24, 2.45) is 0 Å². The monoisotopic (exact) mass is 238 g/mol. The van der Waals surface area contributed by atoms with Crippen LogP contribution >= 0.6 is 0 Å². The number of nitrogens with two attached hydrogens (primary N) is 1. The summed E-state index contributed by atoms with van der Waals surface area (Å²) < 4.78 is 0. The number of anilines is 3. The quantitative estimate of drug-likeness (QED) is 0.843. The van der Waals surface area contributed by atoms with Crippen LogP contribution in [0.1, 0.15) is 16.7 Å². The molecule has 4 nitrogen and oxygen atoms in total. The normalized spacial score (nSPS) is 9.83. The van der Waals surface area contributed by atoms with Crippen LogP contribution in [-0.4, -0.2) is 4.98 Å². The number of hydrogen-bond acceptors (Lipinski definition) is 4. The first-order valence-corrected chi connectivity index (χ1v) is 5.60. The zero-order valence-corrected chi connectivity index (χ0v) is 10.4. The van der Waals surface area contributed by atoms with E-state index in [0.29, 0.717) is 17.1 Å². The van der Waals surface area contributed by atoms with Crippen molar-refractivity contribution in [1.29, 1.82) is 5.26 Å². The summed E-state index contributed by atoms with van der Waals surface area (Å²) in [5, 5.41) is 12.3. The van der Waals surface area contributed by atoms with Gasteiger partial charge in [0.2, 0.25) is 0 Å². The van der Waals surface area contributed by atoms with Crippen molar-refractivity contribution in [3.8, 4) is 6.07 Å². The molecule has 0 aliphatic heterocycles. The molecule has 0 aliphatic carbocycles. The Hall–Kier alpha value is -2.54. The third-order valence-corrected chi connectivity index (χ3v) is 2.75. The van der Waals surface area contributed by atoms with Gasteiger partial charge in [-0.3, -0.25) is 0 Å². The van der Waals surface area contributed by atoms with Gasteiger partial charge in [0.25, 0.3) is 0 Å². The van der Waals surface area contributed by atoms with Gasteiger partial charge in [0, 0.05) is 5.69 Å². The molecule has 0 saturated carbocycles. The molecule has 0 aliphatic rings. The van der Waals surface area contributed by atoms with E-state index in [1.54, 1.807) is 6.07 Å². The summed E-state index contributed by atoms with van der Waals surface area (Å²) in [6.07, 6.45) is 1.54. The highest BCUT2D eigenvalue weighted by atomic mass is 15.0. The van der Waals surface area contributed by atoms with Gasteiger partial charge in [0.15, 0.2) is 0 Å². The smallest absolute Gasteiger partial charge is 0.148 e. The number of nitrogens with one attached hydrogen (secondary N) is 1. The lowest BCUT2D eigenvalue weighted by molar-refractivity contribution is 1.26. The lowest BCUT2D eigenvalue weighted by Crippen LogP contribution is -2.01. The molecular weight excluding hydrogens is 224 g/mol. The molecule has 1 aromatic heterocycles. The molecule has 0 radical (unpaired) electrons. The molecule has 1 heterocycles. The number of benzene rings is 1. The fourth-order valence-corrected chi connectivity index (χ4v) is 1.80. The minimum Gasteiger partial charge on any atom is -0.397 e. The van der Waals surface area contributed by atoms with Crippen LogP contribution < -0.4 is 11.1 Å². The van der Waals surface area contributed by atoms with Crippen molar-refractivity contribution in [3.05, 3.63) is 47.2 Å². The van der Waals surface area contributed by atoms with Crippen LogP contribution in [0, 0.1) is 25.2 Å². The Morgan fingerprint density at radius 3 is 2.56 bits per heavy atom. The van der Waals surface area contributed by atoms with E-state index in [4.69, 9.17) is 11.0 Å². The molecule has 0 atom stereocenters. The summed E-state index contributed by atoms with van der Waals surface area (Å²) in [7, 11) is 0. The largest absolute Gasteiger partial charge is 0.397 e. The van der Waals surface area contributed by atoms with Crippen LogP contribution in [0.5, 0.6) is 0 Å². The van der Waals surface area contributed by atoms with E-state index in [2.05, 4.69) is 16.4 Å². The van der Waals surface area contributed by atoms with Crippen molar-refractivity contribution in [2.75, 3.05) is 11.1 Å². The standard InChI is InChI=1S/C14H14N4/c1-9-4-3-5-10(2)13(9)18-14-11(7-15)6-12(16)8-17-14/h3-6,8H,16H2,1-2H3,(H,17,18). The maximum atomic E-state index is 9.07. The van der Waals surface area contributed by atoms with Gasteiger partial charge in [-0.05, 0) is 31.0 Å². The number of para-hydroxylation sites is 1. The maximum Gasteiger partial charge on any atom is 0.148 e. The van der Waals surface area contributed by atoms with Crippen molar-refractivity contribution in [2.45, 2.75) is 13.8 Å². The zero-order valence-electron chi connectivity index (χ0n) is 10.4. The van der Waals surface area contributed by atoms with Crippen LogP contribution in [0.2, 0.25) is 0 Å². The fourth-order valence-electron chi connectivity index (χ4n) is 1.80. The average molecular weight is 238 g/mol. The number of hydrogen-bond donors (Lipinski definition) is 2. The van der Waals surface area contributed by atoms with Crippen molar-refractivity contribution < 1.29 is 0 Å². The van der Waals surface area contributed by atoms with E-state index in [9.17, 15) is 0 Å². The Morgan fingerprint density at radius 2 is 1.94 bits per heavy atom. The molecule has 0 spiro atoms. The molecule has 18 heavy (non-hydrogen) atoms. The molecule has 90 valence electrons. The number of pyridine rings is 1. The van der Waals surface area contributed by atoms with Gasteiger partial charge in [-0.15, -0.1) is 0 Å². The van der Waals surface area contributed by atoms with Gasteiger partial charge in [0.05, 0.1) is 17.4 Å². The van der Waals surface area contributed by atoms with Gasteiger partial charge in [0.1, 0.15) is 11.9 Å². The van der Waals surface area contributed by atoms with Crippen LogP contribution in [0.25, 0.3) is 0 Å². The van der Waals surface area contributed by atoms with Gasteiger partial charge < -0.3 is 11.1 Å². The van der Waals surface area contributed by atoms with E-state index < -0.39 is 0 Å². The van der Waals surface area contributed by atoms with Gasteiger partial charge >= 0.3 is 0 Å². The second-order valence-electron chi connectivity index (χ2n) is 4.17. The van der Waals surface area contributed by atoms with E-state index in [-0.39, 0.29) is 0 Å². The molecule has 0 unspecified atom stereocenters. The van der Waals surface area contributed by atoms with Crippen molar-refractivity contribution in [3.63, 3.8) is 0 Å². The first-order chi connectivity index (χ1) is 8.61. The van der Waals surface area contributed by atoms with Gasteiger partial charge in [-0.25, -0.2) is 4.98 Å². The number of nitrogens with zero attached hydrogens (tertiary/aromatic N) is 2. The number of rotatable bonds is 2.